The monoisotopic (exact) mass is 372 g/mol. The first-order valence-electron chi connectivity index (χ1n) is 9.74. The SMILES string of the molecule is CCc1ccc(Cc2ccccc2OC2CC(O)CC(CO)C2)cc1.CO. The van der Waals surface area contributed by atoms with Crippen molar-refractivity contribution in [3.8, 4) is 5.75 Å². The van der Waals surface area contributed by atoms with Crippen LogP contribution in [-0.2, 0) is 12.8 Å². The van der Waals surface area contributed by atoms with Crippen LogP contribution in [0.3, 0.4) is 0 Å². The molecule has 0 spiro atoms. The van der Waals surface area contributed by atoms with Crippen molar-refractivity contribution in [2.24, 2.45) is 5.92 Å². The van der Waals surface area contributed by atoms with Crippen LogP contribution >= 0.6 is 0 Å². The van der Waals surface area contributed by atoms with Crippen molar-refractivity contribution in [3.63, 3.8) is 0 Å². The van der Waals surface area contributed by atoms with E-state index < -0.39 is 0 Å². The minimum absolute atomic E-state index is 0.0375. The van der Waals surface area contributed by atoms with Gasteiger partial charge in [-0.15, -0.1) is 0 Å². The Morgan fingerprint density at radius 3 is 2.26 bits per heavy atom. The Hall–Kier alpha value is -1.88. The van der Waals surface area contributed by atoms with Crippen molar-refractivity contribution in [2.75, 3.05) is 13.7 Å². The van der Waals surface area contributed by atoms with Gasteiger partial charge in [0.2, 0.25) is 0 Å². The van der Waals surface area contributed by atoms with Crippen LogP contribution in [0.25, 0.3) is 0 Å². The summed E-state index contributed by atoms with van der Waals surface area (Å²) in [6.07, 6.45) is 3.56. The quantitative estimate of drug-likeness (QED) is 0.727. The van der Waals surface area contributed by atoms with Crippen molar-refractivity contribution in [2.45, 2.75) is 51.2 Å². The molecule has 1 fully saturated rings. The molecule has 1 aliphatic carbocycles. The summed E-state index contributed by atoms with van der Waals surface area (Å²) in [5.74, 6) is 1.01. The third kappa shape index (κ3) is 6.35. The van der Waals surface area contributed by atoms with E-state index in [1.165, 1.54) is 11.1 Å². The summed E-state index contributed by atoms with van der Waals surface area (Å²) in [7, 11) is 1.00. The average molecular weight is 373 g/mol. The zero-order valence-corrected chi connectivity index (χ0v) is 16.3. The molecule has 0 amide bonds. The maximum Gasteiger partial charge on any atom is 0.123 e. The number of aliphatic hydroxyl groups excluding tert-OH is 3. The molecule has 3 rings (SSSR count). The van der Waals surface area contributed by atoms with Crippen molar-refractivity contribution >= 4 is 0 Å². The molecule has 2 aromatic rings. The number of rotatable bonds is 6. The Labute approximate surface area is 162 Å². The first-order chi connectivity index (χ1) is 13.2. The fourth-order valence-corrected chi connectivity index (χ4v) is 3.65. The Bertz CT molecular complexity index is 668. The highest BCUT2D eigenvalue weighted by Crippen LogP contribution is 2.30. The summed E-state index contributed by atoms with van der Waals surface area (Å²) in [6, 6.07) is 16.9. The normalized spacial score (nSPS) is 21.9. The van der Waals surface area contributed by atoms with Gasteiger partial charge in [0, 0.05) is 26.6 Å². The highest BCUT2D eigenvalue weighted by molar-refractivity contribution is 5.38. The minimum Gasteiger partial charge on any atom is -0.490 e. The van der Waals surface area contributed by atoms with Crippen LogP contribution in [0.5, 0.6) is 5.75 Å². The third-order valence-corrected chi connectivity index (χ3v) is 5.09. The molecule has 0 saturated heterocycles. The molecular weight excluding hydrogens is 340 g/mol. The number of hydrogen-bond donors (Lipinski definition) is 3. The highest BCUT2D eigenvalue weighted by Gasteiger charge is 2.29. The smallest absolute Gasteiger partial charge is 0.123 e. The van der Waals surface area contributed by atoms with Crippen molar-refractivity contribution in [3.05, 3.63) is 65.2 Å². The molecule has 4 nitrogen and oxygen atoms in total. The molecule has 0 aromatic heterocycles. The number of hydrogen-bond acceptors (Lipinski definition) is 4. The number of benzene rings is 2. The van der Waals surface area contributed by atoms with Crippen LogP contribution in [0.1, 0.15) is 42.9 Å². The number of aryl methyl sites for hydroxylation is 1. The second kappa shape index (κ2) is 11.1. The summed E-state index contributed by atoms with van der Waals surface area (Å²) in [5, 5.41) is 26.4. The molecule has 0 heterocycles. The van der Waals surface area contributed by atoms with E-state index in [0.29, 0.717) is 12.8 Å². The van der Waals surface area contributed by atoms with Gasteiger partial charge >= 0.3 is 0 Å². The molecule has 148 valence electrons. The van der Waals surface area contributed by atoms with Crippen LogP contribution in [-0.4, -0.2) is 41.2 Å². The molecule has 4 heteroatoms. The second-order valence-electron chi connectivity index (χ2n) is 7.10. The number of ether oxygens (including phenoxy) is 1. The largest absolute Gasteiger partial charge is 0.490 e. The second-order valence-corrected chi connectivity index (χ2v) is 7.10. The van der Waals surface area contributed by atoms with Gasteiger partial charge in [-0.1, -0.05) is 49.4 Å². The van der Waals surface area contributed by atoms with Gasteiger partial charge in [-0.25, -0.2) is 0 Å². The van der Waals surface area contributed by atoms with Gasteiger partial charge in [0.25, 0.3) is 0 Å². The third-order valence-electron chi connectivity index (χ3n) is 5.09. The fraction of sp³-hybridized carbons (Fsp3) is 0.478. The van der Waals surface area contributed by atoms with Gasteiger partial charge in [0.1, 0.15) is 11.9 Å². The predicted molar refractivity (Wildman–Crippen MR) is 108 cm³/mol. The Morgan fingerprint density at radius 2 is 1.59 bits per heavy atom. The minimum atomic E-state index is -0.385. The first-order valence-corrected chi connectivity index (χ1v) is 9.74. The van der Waals surface area contributed by atoms with E-state index in [1.807, 2.05) is 18.2 Å². The van der Waals surface area contributed by atoms with Gasteiger partial charge in [0.15, 0.2) is 0 Å². The Kier molecular flexibility index (Phi) is 8.79. The standard InChI is InChI=1S/C22H28O3.CH4O/c1-2-16-7-9-17(10-8-16)11-19-5-3-4-6-22(19)25-21-13-18(15-23)12-20(24)14-21;1-2/h3-10,18,20-21,23-24H,2,11-15H2,1H3;2H,1H3. The van der Waals surface area contributed by atoms with Crippen LogP contribution in [0.15, 0.2) is 48.5 Å². The zero-order chi connectivity index (χ0) is 19.6. The van der Waals surface area contributed by atoms with E-state index in [1.54, 1.807) is 0 Å². The van der Waals surface area contributed by atoms with E-state index in [9.17, 15) is 10.2 Å². The van der Waals surface area contributed by atoms with E-state index >= 15 is 0 Å². The summed E-state index contributed by atoms with van der Waals surface area (Å²) in [5.41, 5.74) is 3.78. The van der Waals surface area contributed by atoms with Crippen LogP contribution in [0.4, 0.5) is 0 Å². The van der Waals surface area contributed by atoms with Crippen molar-refractivity contribution < 1.29 is 20.1 Å². The van der Waals surface area contributed by atoms with Gasteiger partial charge in [-0.3, -0.25) is 0 Å². The predicted octanol–water partition coefficient (Wildman–Crippen LogP) is 3.35. The van der Waals surface area contributed by atoms with E-state index in [4.69, 9.17) is 9.84 Å². The lowest BCUT2D eigenvalue weighted by atomic mass is 9.86. The highest BCUT2D eigenvalue weighted by atomic mass is 16.5. The molecule has 2 aromatic carbocycles. The first kappa shape index (κ1) is 21.4. The van der Waals surface area contributed by atoms with E-state index in [2.05, 4.69) is 37.3 Å². The maximum absolute atomic E-state index is 10.0. The topological polar surface area (TPSA) is 69.9 Å². The Morgan fingerprint density at radius 1 is 0.926 bits per heavy atom. The number of aliphatic hydroxyl groups is 3. The van der Waals surface area contributed by atoms with Crippen molar-refractivity contribution in [1.82, 2.24) is 0 Å². The summed E-state index contributed by atoms with van der Waals surface area (Å²) in [6.45, 7) is 2.28. The van der Waals surface area contributed by atoms with Gasteiger partial charge < -0.3 is 20.1 Å². The van der Waals surface area contributed by atoms with Crippen molar-refractivity contribution in [1.29, 1.82) is 0 Å². The van der Waals surface area contributed by atoms with Gasteiger partial charge in [-0.05, 0) is 47.9 Å². The summed E-state index contributed by atoms with van der Waals surface area (Å²) >= 11 is 0. The molecule has 3 N–H and O–H groups in total. The molecular formula is C23H32O4. The lowest BCUT2D eigenvalue weighted by molar-refractivity contribution is 0.0103. The van der Waals surface area contributed by atoms with Crippen LogP contribution in [0.2, 0.25) is 0 Å². The lowest BCUT2D eigenvalue weighted by Gasteiger charge is -2.32. The molecule has 0 aliphatic heterocycles. The van der Waals surface area contributed by atoms with Crippen LogP contribution in [0, 0.1) is 5.92 Å². The van der Waals surface area contributed by atoms with E-state index in [-0.39, 0.29) is 24.7 Å². The lowest BCUT2D eigenvalue weighted by Crippen LogP contribution is -2.34. The fourth-order valence-electron chi connectivity index (χ4n) is 3.65. The molecule has 0 bridgehead atoms. The van der Waals surface area contributed by atoms with Gasteiger partial charge in [0.05, 0.1) is 6.10 Å². The summed E-state index contributed by atoms with van der Waals surface area (Å²) < 4.78 is 6.23. The molecule has 0 radical (unpaired) electrons. The van der Waals surface area contributed by atoms with E-state index in [0.717, 1.165) is 37.7 Å². The molecule has 27 heavy (non-hydrogen) atoms. The molecule has 3 unspecified atom stereocenters. The molecule has 1 saturated carbocycles. The van der Waals surface area contributed by atoms with Crippen LogP contribution < -0.4 is 4.74 Å². The molecule has 3 atom stereocenters. The van der Waals surface area contributed by atoms with Gasteiger partial charge in [-0.2, -0.15) is 0 Å². The summed E-state index contributed by atoms with van der Waals surface area (Å²) in [4.78, 5) is 0. The molecule has 1 aliphatic rings. The number of para-hydroxylation sites is 1. The average Bonchev–Trinajstić information content (AvgIpc) is 2.71. The maximum atomic E-state index is 10.0. The Balaban J connectivity index is 0.00000126. The zero-order valence-electron chi connectivity index (χ0n) is 16.3.